The van der Waals surface area contributed by atoms with Gasteiger partial charge in [-0.1, -0.05) is 0 Å². The van der Waals surface area contributed by atoms with Gasteiger partial charge in [-0.15, -0.1) is 0 Å². The smallest absolute Gasteiger partial charge is 0.310 e. The van der Waals surface area contributed by atoms with Gasteiger partial charge < -0.3 is 14.7 Å². The van der Waals surface area contributed by atoms with Crippen LogP contribution in [0.25, 0.3) is 0 Å². The molecule has 0 aliphatic rings. The number of aliphatic hydroxyl groups excluding tert-OH is 1. The molecule has 1 rings (SSSR count). The van der Waals surface area contributed by atoms with Gasteiger partial charge in [0.05, 0.1) is 24.6 Å². The van der Waals surface area contributed by atoms with Crippen molar-refractivity contribution in [2.75, 3.05) is 20.7 Å². The number of nitro groups is 1. The van der Waals surface area contributed by atoms with Crippen molar-refractivity contribution in [3.63, 3.8) is 0 Å². The van der Waals surface area contributed by atoms with Crippen LogP contribution in [0.3, 0.4) is 0 Å². The predicted molar refractivity (Wildman–Crippen MR) is 67.8 cm³/mol. The lowest BCUT2D eigenvalue weighted by molar-refractivity contribution is -0.385. The first-order valence-electron chi connectivity index (χ1n) is 5.67. The molecule has 0 unspecified atom stereocenters. The van der Waals surface area contributed by atoms with Gasteiger partial charge in [0.1, 0.15) is 0 Å². The standard InChI is InChI=1S/C12H16N2O5/c1-13(2)12(16)5-6-19-11-7-9(8-15)3-4-10(11)14(17)18/h3-4,7,15H,5-6,8H2,1-2H3. The Hall–Kier alpha value is -2.15. The summed E-state index contributed by atoms with van der Waals surface area (Å²) in [4.78, 5) is 23.0. The van der Waals surface area contributed by atoms with Crippen LogP contribution in [0.2, 0.25) is 0 Å². The Morgan fingerprint density at radius 3 is 2.68 bits per heavy atom. The Morgan fingerprint density at radius 1 is 1.47 bits per heavy atom. The van der Waals surface area contributed by atoms with E-state index in [9.17, 15) is 14.9 Å². The van der Waals surface area contributed by atoms with Crippen LogP contribution < -0.4 is 4.74 Å². The van der Waals surface area contributed by atoms with E-state index in [4.69, 9.17) is 9.84 Å². The first kappa shape index (κ1) is 14.9. The summed E-state index contributed by atoms with van der Waals surface area (Å²) in [5.74, 6) is -0.0657. The van der Waals surface area contributed by atoms with Gasteiger partial charge in [-0.2, -0.15) is 0 Å². The Kier molecular flexibility index (Phi) is 5.25. The number of benzene rings is 1. The number of rotatable bonds is 6. The summed E-state index contributed by atoms with van der Waals surface area (Å²) in [6, 6.07) is 4.13. The van der Waals surface area contributed by atoms with Gasteiger partial charge in [-0.25, -0.2) is 0 Å². The fourth-order valence-electron chi connectivity index (χ4n) is 1.40. The largest absolute Gasteiger partial charge is 0.486 e. The normalized spacial score (nSPS) is 10.1. The van der Waals surface area contributed by atoms with Crippen molar-refractivity contribution < 1.29 is 19.6 Å². The van der Waals surface area contributed by atoms with E-state index in [1.165, 1.54) is 23.1 Å². The minimum absolute atomic E-state index is 0.0483. The molecule has 0 aliphatic carbocycles. The van der Waals surface area contributed by atoms with E-state index in [-0.39, 0.29) is 37.0 Å². The van der Waals surface area contributed by atoms with E-state index in [0.717, 1.165) is 0 Å². The fourth-order valence-corrected chi connectivity index (χ4v) is 1.40. The van der Waals surface area contributed by atoms with E-state index in [2.05, 4.69) is 0 Å². The molecule has 19 heavy (non-hydrogen) atoms. The van der Waals surface area contributed by atoms with Crippen molar-refractivity contribution in [1.29, 1.82) is 0 Å². The summed E-state index contributed by atoms with van der Waals surface area (Å²) in [5.41, 5.74) is 0.328. The molecule has 1 N–H and O–H groups in total. The summed E-state index contributed by atoms with van der Waals surface area (Å²) in [7, 11) is 3.24. The van der Waals surface area contributed by atoms with E-state index < -0.39 is 4.92 Å². The zero-order valence-electron chi connectivity index (χ0n) is 10.8. The summed E-state index contributed by atoms with van der Waals surface area (Å²) >= 11 is 0. The third-order valence-electron chi connectivity index (χ3n) is 2.48. The molecular formula is C12H16N2O5. The van der Waals surface area contributed by atoms with Crippen molar-refractivity contribution >= 4 is 11.6 Å². The number of carbonyl (C=O) groups excluding carboxylic acids is 1. The molecule has 7 heteroatoms. The number of nitrogens with zero attached hydrogens (tertiary/aromatic N) is 2. The van der Waals surface area contributed by atoms with E-state index in [1.807, 2.05) is 0 Å². The highest BCUT2D eigenvalue weighted by Crippen LogP contribution is 2.28. The van der Waals surface area contributed by atoms with Gasteiger partial charge in [-0.05, 0) is 17.7 Å². The van der Waals surface area contributed by atoms with E-state index in [0.29, 0.717) is 5.56 Å². The molecule has 0 bridgehead atoms. The average Bonchev–Trinajstić information content (AvgIpc) is 2.37. The van der Waals surface area contributed by atoms with Crippen LogP contribution in [-0.2, 0) is 11.4 Å². The molecule has 1 amide bonds. The topological polar surface area (TPSA) is 92.9 Å². The number of carbonyl (C=O) groups is 1. The van der Waals surface area contributed by atoms with Gasteiger partial charge in [0, 0.05) is 20.2 Å². The second kappa shape index (κ2) is 6.69. The molecule has 1 aromatic carbocycles. The number of hydrogen-bond acceptors (Lipinski definition) is 5. The van der Waals surface area contributed by atoms with E-state index >= 15 is 0 Å². The van der Waals surface area contributed by atoms with Crippen LogP contribution in [0.5, 0.6) is 5.75 Å². The van der Waals surface area contributed by atoms with Crippen molar-refractivity contribution in [3.05, 3.63) is 33.9 Å². The van der Waals surface area contributed by atoms with Crippen LogP contribution in [0.15, 0.2) is 18.2 Å². The molecule has 0 aliphatic heterocycles. The van der Waals surface area contributed by atoms with Crippen LogP contribution in [0, 0.1) is 10.1 Å². The number of hydrogen-bond donors (Lipinski definition) is 1. The quantitative estimate of drug-likeness (QED) is 0.612. The summed E-state index contributed by atoms with van der Waals surface area (Å²) in [5, 5.41) is 19.8. The zero-order valence-corrected chi connectivity index (χ0v) is 10.8. The Bertz CT molecular complexity index is 473. The van der Waals surface area contributed by atoms with Gasteiger partial charge in [0.15, 0.2) is 5.75 Å². The molecule has 104 valence electrons. The zero-order chi connectivity index (χ0) is 14.4. The lowest BCUT2D eigenvalue weighted by Gasteiger charge is -2.11. The third kappa shape index (κ3) is 4.22. The summed E-state index contributed by atoms with van der Waals surface area (Å²) in [6.45, 7) is -0.183. The summed E-state index contributed by atoms with van der Waals surface area (Å²) in [6.07, 6.45) is 0.132. The molecule has 0 radical (unpaired) electrons. The SMILES string of the molecule is CN(C)C(=O)CCOc1cc(CO)ccc1[N+](=O)[O-]. The highest BCUT2D eigenvalue weighted by Gasteiger charge is 2.16. The first-order chi connectivity index (χ1) is 8.95. The van der Waals surface area contributed by atoms with E-state index in [1.54, 1.807) is 14.1 Å². The fraction of sp³-hybridized carbons (Fsp3) is 0.417. The van der Waals surface area contributed by atoms with Crippen LogP contribution >= 0.6 is 0 Å². The molecule has 0 saturated carbocycles. The maximum absolute atomic E-state index is 11.3. The van der Waals surface area contributed by atoms with Gasteiger partial charge in [-0.3, -0.25) is 14.9 Å². The molecule has 0 aromatic heterocycles. The van der Waals surface area contributed by atoms with Gasteiger partial charge in [0.2, 0.25) is 5.91 Å². The number of ether oxygens (including phenoxy) is 1. The second-order valence-electron chi connectivity index (χ2n) is 4.10. The van der Waals surface area contributed by atoms with Crippen molar-refractivity contribution in [1.82, 2.24) is 4.90 Å². The number of nitro benzene ring substituents is 1. The van der Waals surface area contributed by atoms with Crippen LogP contribution in [-0.4, -0.2) is 41.5 Å². The molecule has 0 fully saturated rings. The Labute approximate surface area is 110 Å². The molecule has 0 saturated heterocycles. The Morgan fingerprint density at radius 2 is 2.16 bits per heavy atom. The van der Waals surface area contributed by atoms with Crippen LogP contribution in [0.1, 0.15) is 12.0 Å². The Balaban J connectivity index is 2.75. The monoisotopic (exact) mass is 268 g/mol. The molecule has 0 heterocycles. The minimum Gasteiger partial charge on any atom is -0.486 e. The molecular weight excluding hydrogens is 252 g/mol. The second-order valence-corrected chi connectivity index (χ2v) is 4.10. The van der Waals surface area contributed by atoms with Crippen molar-refractivity contribution in [2.45, 2.75) is 13.0 Å². The number of aliphatic hydroxyl groups is 1. The predicted octanol–water partition coefficient (Wildman–Crippen LogP) is 0.944. The van der Waals surface area contributed by atoms with Crippen molar-refractivity contribution in [2.24, 2.45) is 0 Å². The first-order valence-corrected chi connectivity index (χ1v) is 5.67. The number of amides is 1. The van der Waals surface area contributed by atoms with Crippen LogP contribution in [0.4, 0.5) is 5.69 Å². The van der Waals surface area contributed by atoms with Gasteiger partial charge in [0.25, 0.3) is 0 Å². The molecule has 0 spiro atoms. The average molecular weight is 268 g/mol. The molecule has 1 aromatic rings. The van der Waals surface area contributed by atoms with Gasteiger partial charge >= 0.3 is 5.69 Å². The third-order valence-corrected chi connectivity index (χ3v) is 2.48. The lowest BCUT2D eigenvalue weighted by atomic mass is 10.2. The highest BCUT2D eigenvalue weighted by atomic mass is 16.6. The maximum Gasteiger partial charge on any atom is 0.310 e. The lowest BCUT2D eigenvalue weighted by Crippen LogP contribution is -2.23. The van der Waals surface area contributed by atoms with Crippen molar-refractivity contribution in [3.8, 4) is 5.75 Å². The molecule has 0 atom stereocenters. The maximum atomic E-state index is 11.3. The summed E-state index contributed by atoms with van der Waals surface area (Å²) < 4.78 is 5.26. The minimum atomic E-state index is -0.565. The molecule has 7 nitrogen and oxygen atoms in total. The highest BCUT2D eigenvalue weighted by molar-refractivity contribution is 5.75.